The van der Waals surface area contributed by atoms with E-state index in [0.29, 0.717) is 29.5 Å². The molecule has 37 heavy (non-hydrogen) atoms. The molecule has 8 nitrogen and oxygen atoms in total. The highest BCUT2D eigenvalue weighted by atomic mass is 16.3. The van der Waals surface area contributed by atoms with Crippen LogP contribution < -0.4 is 5.32 Å². The van der Waals surface area contributed by atoms with Crippen molar-refractivity contribution in [1.82, 2.24) is 24.4 Å². The van der Waals surface area contributed by atoms with E-state index in [4.69, 9.17) is 9.97 Å². The topological polar surface area (TPSA) is 96.2 Å². The maximum atomic E-state index is 13.1. The van der Waals surface area contributed by atoms with E-state index in [1.165, 1.54) is 5.56 Å². The van der Waals surface area contributed by atoms with E-state index in [0.717, 1.165) is 81.2 Å². The number of aliphatic hydroxyl groups excluding tert-OH is 1. The Bertz CT molecular complexity index is 1220. The van der Waals surface area contributed by atoms with Crippen molar-refractivity contribution in [2.24, 2.45) is 0 Å². The van der Waals surface area contributed by atoms with Crippen molar-refractivity contribution in [1.29, 1.82) is 0 Å². The normalized spacial score (nSPS) is 21.8. The number of aliphatic hydroxyl groups is 1. The van der Waals surface area contributed by atoms with Crippen LogP contribution in [-0.2, 0) is 0 Å². The number of carbonyl (C=O) groups is 1. The van der Waals surface area contributed by atoms with Crippen LogP contribution in [0.3, 0.4) is 0 Å². The second-order valence-corrected chi connectivity index (χ2v) is 11.0. The summed E-state index contributed by atoms with van der Waals surface area (Å²) >= 11 is 0. The van der Waals surface area contributed by atoms with Gasteiger partial charge in [-0.25, -0.2) is 4.98 Å². The van der Waals surface area contributed by atoms with Gasteiger partial charge in [-0.05, 0) is 82.4 Å². The van der Waals surface area contributed by atoms with Crippen molar-refractivity contribution < 1.29 is 9.90 Å². The first-order chi connectivity index (χ1) is 17.9. The molecule has 2 aliphatic rings. The summed E-state index contributed by atoms with van der Waals surface area (Å²) in [5.41, 5.74) is 3.86. The Morgan fingerprint density at radius 2 is 1.92 bits per heavy atom. The molecule has 0 bridgehead atoms. The van der Waals surface area contributed by atoms with Crippen LogP contribution in [0.25, 0.3) is 11.0 Å². The minimum atomic E-state index is -0.189. The molecule has 1 atom stereocenters. The molecule has 8 heteroatoms. The number of carbonyl (C=O) groups excluding carboxylic acids is 1. The summed E-state index contributed by atoms with van der Waals surface area (Å²) in [5, 5.41) is 14.7. The van der Waals surface area contributed by atoms with E-state index >= 15 is 0 Å². The van der Waals surface area contributed by atoms with Crippen molar-refractivity contribution in [2.75, 3.05) is 18.4 Å². The van der Waals surface area contributed by atoms with E-state index in [-0.39, 0.29) is 12.0 Å². The van der Waals surface area contributed by atoms with Crippen LogP contribution in [-0.4, -0.2) is 60.7 Å². The predicted molar refractivity (Wildman–Crippen MR) is 146 cm³/mol. The maximum Gasteiger partial charge on any atom is 0.253 e. The van der Waals surface area contributed by atoms with E-state index < -0.39 is 0 Å². The number of piperidine rings is 1. The Morgan fingerprint density at radius 3 is 2.62 bits per heavy atom. The number of nitrogens with one attached hydrogen (secondary N) is 1. The second kappa shape index (κ2) is 11.2. The lowest BCUT2D eigenvalue weighted by atomic mass is 9.89. The summed E-state index contributed by atoms with van der Waals surface area (Å²) in [6.07, 6.45) is 13.4. The van der Waals surface area contributed by atoms with Gasteiger partial charge >= 0.3 is 0 Å². The number of aromatic nitrogens is 4. The van der Waals surface area contributed by atoms with Crippen LogP contribution in [0.1, 0.15) is 98.8 Å². The molecule has 1 aliphatic carbocycles. The molecule has 1 amide bonds. The zero-order chi connectivity index (χ0) is 25.9. The van der Waals surface area contributed by atoms with Crippen LogP contribution in [0, 0.1) is 6.92 Å². The highest BCUT2D eigenvalue weighted by Crippen LogP contribution is 2.38. The van der Waals surface area contributed by atoms with Gasteiger partial charge in [0.15, 0.2) is 0 Å². The number of likely N-dealkylation sites (tertiary alicyclic amines) is 1. The first-order valence-electron chi connectivity index (χ1n) is 14.0. The monoisotopic (exact) mass is 504 g/mol. The Morgan fingerprint density at radius 1 is 1.16 bits per heavy atom. The van der Waals surface area contributed by atoms with Crippen molar-refractivity contribution in [3.8, 4) is 0 Å². The van der Waals surface area contributed by atoms with E-state index in [9.17, 15) is 9.90 Å². The Kier molecular flexibility index (Phi) is 7.74. The molecule has 3 aromatic rings. The molecule has 3 aromatic heterocycles. The zero-order valence-corrected chi connectivity index (χ0v) is 22.4. The molecular formula is C29H40N6O2. The van der Waals surface area contributed by atoms with E-state index in [1.54, 1.807) is 12.3 Å². The van der Waals surface area contributed by atoms with Gasteiger partial charge in [0.25, 0.3) is 5.91 Å². The van der Waals surface area contributed by atoms with Crippen molar-refractivity contribution >= 4 is 22.9 Å². The van der Waals surface area contributed by atoms with Crippen LogP contribution in [0.15, 0.2) is 30.7 Å². The summed E-state index contributed by atoms with van der Waals surface area (Å²) in [6.45, 7) is 7.75. The van der Waals surface area contributed by atoms with Crippen LogP contribution >= 0.6 is 0 Å². The molecule has 198 valence electrons. The number of rotatable bonds is 7. The fourth-order valence-corrected chi connectivity index (χ4v) is 6.04. The lowest BCUT2D eigenvalue weighted by Gasteiger charge is -2.32. The van der Waals surface area contributed by atoms with Gasteiger partial charge in [-0.1, -0.05) is 13.3 Å². The molecule has 1 saturated carbocycles. The predicted octanol–water partition coefficient (Wildman–Crippen LogP) is 5.23. The van der Waals surface area contributed by atoms with Gasteiger partial charge in [0.1, 0.15) is 5.65 Å². The van der Waals surface area contributed by atoms with Crippen LogP contribution in [0.5, 0.6) is 0 Å². The number of hydrogen-bond acceptors (Lipinski definition) is 6. The first kappa shape index (κ1) is 25.6. The van der Waals surface area contributed by atoms with Crippen LogP contribution in [0.2, 0.25) is 0 Å². The summed E-state index contributed by atoms with van der Waals surface area (Å²) < 4.78 is 2.35. The number of pyridine rings is 1. The van der Waals surface area contributed by atoms with Gasteiger partial charge in [0.2, 0.25) is 5.95 Å². The molecular weight excluding hydrogens is 464 g/mol. The highest BCUT2D eigenvalue weighted by Gasteiger charge is 2.29. The number of fused-ring (bicyclic) bond motifs is 1. The average molecular weight is 505 g/mol. The summed E-state index contributed by atoms with van der Waals surface area (Å²) in [5.74, 6) is 1.14. The SMILES string of the molecule is CCC[C@H](C)Nc1ncc2c(C3CCN(C(=O)c4ccnc(C)c4)CC3)cn(C3CCC(O)CC3)c2n1. The van der Waals surface area contributed by atoms with Crippen molar-refractivity contribution in [3.63, 3.8) is 0 Å². The zero-order valence-electron chi connectivity index (χ0n) is 22.4. The van der Waals surface area contributed by atoms with Gasteiger partial charge in [0, 0.05) is 60.4 Å². The lowest BCUT2D eigenvalue weighted by molar-refractivity contribution is 0.0713. The van der Waals surface area contributed by atoms with E-state index in [1.807, 2.05) is 24.1 Å². The third-order valence-electron chi connectivity index (χ3n) is 8.12. The Labute approximate surface area is 219 Å². The smallest absolute Gasteiger partial charge is 0.253 e. The maximum absolute atomic E-state index is 13.1. The van der Waals surface area contributed by atoms with Crippen molar-refractivity contribution in [2.45, 2.75) is 96.2 Å². The summed E-state index contributed by atoms with van der Waals surface area (Å²) in [4.78, 5) is 29.0. The average Bonchev–Trinajstić information content (AvgIpc) is 3.28. The molecule has 0 unspecified atom stereocenters. The fraction of sp³-hybridized carbons (Fsp3) is 0.586. The van der Waals surface area contributed by atoms with E-state index in [2.05, 4.69) is 34.9 Å². The standard InChI is InChI=1S/C29H40N6O2/c1-4-5-19(2)32-29-31-17-25-26(18-35(27(25)33-29)23-6-8-24(36)9-7-23)21-11-14-34(15-12-21)28(37)22-10-13-30-20(3)16-22/h10,13,16-19,21,23-24,36H,4-9,11-12,14-15H2,1-3H3,(H,31,32,33)/t19-,23?,24?/m0/s1. The number of amides is 1. The molecule has 0 aromatic carbocycles. The number of nitrogens with zero attached hydrogens (tertiary/aromatic N) is 5. The molecule has 0 spiro atoms. The highest BCUT2D eigenvalue weighted by molar-refractivity contribution is 5.94. The molecule has 0 radical (unpaired) electrons. The molecule has 1 saturated heterocycles. The third kappa shape index (κ3) is 5.64. The van der Waals surface area contributed by atoms with Gasteiger partial charge < -0.3 is 19.9 Å². The quantitative estimate of drug-likeness (QED) is 0.457. The second-order valence-electron chi connectivity index (χ2n) is 11.0. The third-order valence-corrected chi connectivity index (χ3v) is 8.12. The Balaban J connectivity index is 1.38. The van der Waals surface area contributed by atoms with Crippen LogP contribution in [0.4, 0.5) is 5.95 Å². The fourth-order valence-electron chi connectivity index (χ4n) is 6.04. The minimum absolute atomic E-state index is 0.0902. The molecule has 4 heterocycles. The summed E-state index contributed by atoms with van der Waals surface area (Å²) in [7, 11) is 0. The van der Waals surface area contributed by atoms with Gasteiger partial charge in [-0.15, -0.1) is 0 Å². The molecule has 5 rings (SSSR count). The number of anilines is 1. The summed E-state index contributed by atoms with van der Waals surface area (Å²) in [6, 6.07) is 4.33. The first-order valence-corrected chi connectivity index (χ1v) is 14.0. The number of aryl methyl sites for hydroxylation is 1. The molecule has 1 aliphatic heterocycles. The molecule has 2 N–H and O–H groups in total. The Hall–Kier alpha value is -3.00. The largest absolute Gasteiger partial charge is 0.393 e. The number of hydrogen-bond donors (Lipinski definition) is 2. The lowest BCUT2D eigenvalue weighted by Crippen LogP contribution is -2.38. The van der Waals surface area contributed by atoms with Gasteiger partial charge in [-0.3, -0.25) is 9.78 Å². The van der Waals surface area contributed by atoms with Crippen molar-refractivity contribution in [3.05, 3.63) is 47.5 Å². The molecule has 2 fully saturated rings. The minimum Gasteiger partial charge on any atom is -0.393 e. The van der Waals surface area contributed by atoms with Gasteiger partial charge in [0.05, 0.1) is 6.10 Å². The van der Waals surface area contributed by atoms with Gasteiger partial charge in [-0.2, -0.15) is 4.98 Å².